The van der Waals surface area contributed by atoms with Gasteiger partial charge in [-0.2, -0.15) is 0 Å². The maximum Gasteiger partial charge on any atom is 0.227 e. The van der Waals surface area contributed by atoms with Gasteiger partial charge in [-0.05, 0) is 56.5 Å². The molecule has 1 fully saturated rings. The molecule has 0 radical (unpaired) electrons. The Labute approximate surface area is 120 Å². The molecular formula is C16H24N2O2. The Morgan fingerprint density at radius 3 is 3.10 bits per heavy atom. The first-order chi connectivity index (χ1) is 9.70. The number of amides is 1. The molecule has 1 aliphatic rings. The maximum atomic E-state index is 12.2. The smallest absolute Gasteiger partial charge is 0.227 e. The molecule has 2 atom stereocenters. The first kappa shape index (κ1) is 14.9. The topological polar surface area (TPSA) is 50.4 Å². The van der Waals surface area contributed by atoms with Gasteiger partial charge in [-0.15, -0.1) is 0 Å². The van der Waals surface area contributed by atoms with Gasteiger partial charge in [0, 0.05) is 6.54 Å². The summed E-state index contributed by atoms with van der Waals surface area (Å²) in [7, 11) is 1.64. The van der Waals surface area contributed by atoms with Crippen LogP contribution in [0.1, 0.15) is 31.2 Å². The van der Waals surface area contributed by atoms with Crippen molar-refractivity contribution in [3.63, 3.8) is 0 Å². The number of hydrogen-bond acceptors (Lipinski definition) is 3. The lowest BCUT2D eigenvalue weighted by molar-refractivity contribution is -0.122. The molecule has 2 N–H and O–H groups in total. The SMILES string of the molecule is COc1cccc(C(C)C(=O)NCC2CCCNC2)c1. The van der Waals surface area contributed by atoms with Gasteiger partial charge in [-0.25, -0.2) is 0 Å². The Hall–Kier alpha value is -1.55. The predicted molar refractivity (Wildman–Crippen MR) is 80.0 cm³/mol. The van der Waals surface area contributed by atoms with Crippen molar-refractivity contribution in [2.45, 2.75) is 25.7 Å². The zero-order chi connectivity index (χ0) is 14.4. The fraction of sp³-hybridized carbons (Fsp3) is 0.562. The molecule has 1 aromatic rings. The fourth-order valence-electron chi connectivity index (χ4n) is 2.56. The molecule has 1 aliphatic heterocycles. The molecule has 2 unspecified atom stereocenters. The highest BCUT2D eigenvalue weighted by Crippen LogP contribution is 2.20. The summed E-state index contributed by atoms with van der Waals surface area (Å²) in [5.41, 5.74) is 0.989. The van der Waals surface area contributed by atoms with Crippen molar-refractivity contribution >= 4 is 5.91 Å². The minimum Gasteiger partial charge on any atom is -0.497 e. The zero-order valence-electron chi connectivity index (χ0n) is 12.3. The minimum absolute atomic E-state index is 0.0869. The lowest BCUT2D eigenvalue weighted by atomic mass is 9.97. The van der Waals surface area contributed by atoms with Crippen LogP contribution in [0, 0.1) is 5.92 Å². The molecule has 1 saturated heterocycles. The maximum absolute atomic E-state index is 12.2. The molecular weight excluding hydrogens is 252 g/mol. The molecule has 0 spiro atoms. The second kappa shape index (κ2) is 7.29. The van der Waals surface area contributed by atoms with E-state index in [1.54, 1.807) is 7.11 Å². The van der Waals surface area contributed by atoms with E-state index in [2.05, 4.69) is 10.6 Å². The molecule has 110 valence electrons. The van der Waals surface area contributed by atoms with E-state index in [9.17, 15) is 4.79 Å². The summed E-state index contributed by atoms with van der Waals surface area (Å²) >= 11 is 0. The van der Waals surface area contributed by atoms with Gasteiger partial charge < -0.3 is 15.4 Å². The number of rotatable bonds is 5. The number of piperidine rings is 1. The Bertz CT molecular complexity index is 442. The van der Waals surface area contributed by atoms with Gasteiger partial charge >= 0.3 is 0 Å². The molecule has 20 heavy (non-hydrogen) atoms. The van der Waals surface area contributed by atoms with E-state index in [0.29, 0.717) is 5.92 Å². The Morgan fingerprint density at radius 1 is 1.55 bits per heavy atom. The third-order valence-electron chi connectivity index (χ3n) is 3.95. The number of hydrogen-bond donors (Lipinski definition) is 2. The largest absolute Gasteiger partial charge is 0.497 e. The third-order valence-corrected chi connectivity index (χ3v) is 3.95. The van der Waals surface area contributed by atoms with Crippen molar-refractivity contribution in [2.75, 3.05) is 26.7 Å². The summed E-state index contributed by atoms with van der Waals surface area (Å²) in [4.78, 5) is 12.2. The van der Waals surface area contributed by atoms with Gasteiger partial charge in [0.05, 0.1) is 13.0 Å². The molecule has 1 aromatic carbocycles. The van der Waals surface area contributed by atoms with E-state index >= 15 is 0 Å². The summed E-state index contributed by atoms with van der Waals surface area (Å²) in [6.07, 6.45) is 2.40. The second-order valence-electron chi connectivity index (χ2n) is 5.46. The van der Waals surface area contributed by atoms with Crippen LogP contribution in [0.4, 0.5) is 0 Å². The first-order valence-electron chi connectivity index (χ1n) is 7.33. The highest BCUT2D eigenvalue weighted by Gasteiger charge is 2.18. The minimum atomic E-state index is -0.151. The van der Waals surface area contributed by atoms with E-state index in [-0.39, 0.29) is 11.8 Å². The number of benzene rings is 1. The third kappa shape index (κ3) is 3.97. The standard InChI is InChI=1S/C16H24N2O2/c1-12(14-6-3-7-15(9-14)20-2)16(19)18-11-13-5-4-8-17-10-13/h3,6-7,9,12-13,17H,4-5,8,10-11H2,1-2H3,(H,18,19). The van der Waals surface area contributed by atoms with Gasteiger partial charge in [0.15, 0.2) is 0 Å². The van der Waals surface area contributed by atoms with Crippen LogP contribution in [-0.4, -0.2) is 32.7 Å². The highest BCUT2D eigenvalue weighted by molar-refractivity contribution is 5.83. The zero-order valence-corrected chi connectivity index (χ0v) is 12.3. The average Bonchev–Trinajstić information content (AvgIpc) is 2.53. The van der Waals surface area contributed by atoms with Crippen molar-refractivity contribution in [3.8, 4) is 5.75 Å². The second-order valence-corrected chi connectivity index (χ2v) is 5.46. The van der Waals surface area contributed by atoms with Gasteiger partial charge in [0.2, 0.25) is 5.91 Å². The molecule has 1 heterocycles. The predicted octanol–water partition coefficient (Wildman–Crippen LogP) is 1.91. The summed E-state index contributed by atoms with van der Waals surface area (Å²) in [6, 6.07) is 7.70. The van der Waals surface area contributed by atoms with Crippen molar-refractivity contribution in [1.82, 2.24) is 10.6 Å². The van der Waals surface area contributed by atoms with Gasteiger partial charge in [0.25, 0.3) is 0 Å². The molecule has 4 heteroatoms. The molecule has 0 aliphatic carbocycles. The van der Waals surface area contributed by atoms with Crippen LogP contribution in [0.5, 0.6) is 5.75 Å². The number of carbonyl (C=O) groups excluding carboxylic acids is 1. The van der Waals surface area contributed by atoms with Gasteiger partial charge in [-0.1, -0.05) is 12.1 Å². The molecule has 0 saturated carbocycles. The summed E-state index contributed by atoms with van der Waals surface area (Å²) in [5.74, 6) is 1.29. The van der Waals surface area contributed by atoms with Crippen molar-refractivity contribution in [1.29, 1.82) is 0 Å². The van der Waals surface area contributed by atoms with E-state index in [1.807, 2.05) is 31.2 Å². The Kier molecular flexibility index (Phi) is 5.41. The van der Waals surface area contributed by atoms with Crippen molar-refractivity contribution in [3.05, 3.63) is 29.8 Å². The fourth-order valence-corrected chi connectivity index (χ4v) is 2.56. The Balaban J connectivity index is 1.87. The van der Waals surface area contributed by atoms with E-state index in [4.69, 9.17) is 4.74 Å². The van der Waals surface area contributed by atoms with Crippen molar-refractivity contribution in [2.24, 2.45) is 5.92 Å². The van der Waals surface area contributed by atoms with E-state index < -0.39 is 0 Å². The molecule has 0 aromatic heterocycles. The average molecular weight is 276 g/mol. The monoisotopic (exact) mass is 276 g/mol. The Morgan fingerprint density at radius 2 is 2.40 bits per heavy atom. The number of ether oxygens (including phenoxy) is 1. The number of carbonyl (C=O) groups is 1. The highest BCUT2D eigenvalue weighted by atomic mass is 16.5. The number of nitrogens with one attached hydrogen (secondary N) is 2. The normalized spacial score (nSPS) is 20.2. The van der Waals surface area contributed by atoms with Crippen LogP contribution < -0.4 is 15.4 Å². The lowest BCUT2D eigenvalue weighted by Gasteiger charge is -2.23. The van der Waals surface area contributed by atoms with Crippen LogP contribution in [0.3, 0.4) is 0 Å². The van der Waals surface area contributed by atoms with E-state index in [1.165, 1.54) is 12.8 Å². The molecule has 4 nitrogen and oxygen atoms in total. The number of methoxy groups -OCH3 is 1. The summed E-state index contributed by atoms with van der Waals surface area (Å²) in [6.45, 7) is 4.81. The van der Waals surface area contributed by atoms with Crippen LogP contribution in [0.25, 0.3) is 0 Å². The molecule has 2 rings (SSSR count). The van der Waals surface area contributed by atoms with Crippen LogP contribution >= 0.6 is 0 Å². The van der Waals surface area contributed by atoms with Gasteiger partial charge in [0.1, 0.15) is 5.75 Å². The quantitative estimate of drug-likeness (QED) is 0.864. The summed E-state index contributed by atoms with van der Waals surface area (Å²) in [5, 5.41) is 6.44. The first-order valence-corrected chi connectivity index (χ1v) is 7.33. The molecule has 1 amide bonds. The van der Waals surface area contributed by atoms with Crippen LogP contribution in [0.2, 0.25) is 0 Å². The lowest BCUT2D eigenvalue weighted by Crippen LogP contribution is -2.39. The van der Waals surface area contributed by atoms with E-state index in [0.717, 1.165) is 30.9 Å². The molecule has 0 bridgehead atoms. The summed E-state index contributed by atoms with van der Waals surface area (Å²) < 4.78 is 5.20. The van der Waals surface area contributed by atoms with Crippen LogP contribution in [-0.2, 0) is 4.79 Å². The van der Waals surface area contributed by atoms with Crippen LogP contribution in [0.15, 0.2) is 24.3 Å². The van der Waals surface area contributed by atoms with Crippen molar-refractivity contribution < 1.29 is 9.53 Å². The van der Waals surface area contributed by atoms with Gasteiger partial charge in [-0.3, -0.25) is 4.79 Å².